The summed E-state index contributed by atoms with van der Waals surface area (Å²) in [7, 11) is 0. The summed E-state index contributed by atoms with van der Waals surface area (Å²) in [6, 6.07) is 17.0. The van der Waals surface area contributed by atoms with E-state index in [1.807, 2.05) is 55.5 Å². The lowest BCUT2D eigenvalue weighted by Gasteiger charge is -2.40. The maximum Gasteiger partial charge on any atom is 0.225 e. The van der Waals surface area contributed by atoms with E-state index in [2.05, 4.69) is 5.32 Å². The molecule has 0 bridgehead atoms. The standard InChI is InChI=1S/C21H23ClN2O2/c1-2-24-19(25)12-11-18(20(24)16-9-6-10-17(22)13-16)21(26)23-14-15-7-4-3-5-8-15/h3-10,13,18,20H,2,11-12,14H2,1H3,(H,23,26)/t18-,20+/m1/s1. The fraction of sp³-hybridized carbons (Fsp3) is 0.333. The minimum atomic E-state index is -0.283. The largest absolute Gasteiger partial charge is 0.352 e. The van der Waals surface area contributed by atoms with Crippen LogP contribution in [0.4, 0.5) is 0 Å². The van der Waals surface area contributed by atoms with Crippen molar-refractivity contribution in [2.24, 2.45) is 5.92 Å². The number of hydrogen-bond acceptors (Lipinski definition) is 2. The fourth-order valence-electron chi connectivity index (χ4n) is 3.62. The highest BCUT2D eigenvalue weighted by Gasteiger charge is 2.39. The lowest BCUT2D eigenvalue weighted by molar-refractivity contribution is -0.143. The molecular formula is C21H23ClN2O2. The van der Waals surface area contributed by atoms with E-state index in [1.54, 1.807) is 11.0 Å². The molecule has 5 heteroatoms. The Morgan fingerprint density at radius 1 is 1.19 bits per heavy atom. The molecule has 1 fully saturated rings. The van der Waals surface area contributed by atoms with Crippen LogP contribution in [0.1, 0.15) is 36.9 Å². The average Bonchev–Trinajstić information content (AvgIpc) is 2.66. The minimum absolute atomic E-state index is 0.0234. The maximum atomic E-state index is 12.9. The topological polar surface area (TPSA) is 49.4 Å². The molecule has 2 amide bonds. The molecule has 2 aromatic carbocycles. The summed E-state index contributed by atoms with van der Waals surface area (Å²) in [6.07, 6.45) is 0.946. The third-order valence-electron chi connectivity index (χ3n) is 4.88. The summed E-state index contributed by atoms with van der Waals surface area (Å²) in [5.41, 5.74) is 1.96. The Morgan fingerprint density at radius 2 is 1.96 bits per heavy atom. The SMILES string of the molecule is CCN1C(=O)CC[C@@H](C(=O)NCc2ccccc2)[C@@H]1c1cccc(Cl)c1. The molecule has 1 N–H and O–H groups in total. The highest BCUT2D eigenvalue weighted by atomic mass is 35.5. The van der Waals surface area contributed by atoms with Crippen molar-refractivity contribution in [3.63, 3.8) is 0 Å². The van der Waals surface area contributed by atoms with Gasteiger partial charge in [-0.15, -0.1) is 0 Å². The van der Waals surface area contributed by atoms with E-state index in [1.165, 1.54) is 0 Å². The molecule has 1 saturated heterocycles. The van der Waals surface area contributed by atoms with Crippen LogP contribution in [-0.4, -0.2) is 23.3 Å². The van der Waals surface area contributed by atoms with Gasteiger partial charge in [0.1, 0.15) is 0 Å². The predicted molar refractivity (Wildman–Crippen MR) is 103 cm³/mol. The first kappa shape index (κ1) is 18.5. The molecule has 3 rings (SSSR count). The van der Waals surface area contributed by atoms with Gasteiger partial charge in [-0.25, -0.2) is 0 Å². The zero-order valence-electron chi connectivity index (χ0n) is 14.8. The molecule has 1 heterocycles. The molecule has 26 heavy (non-hydrogen) atoms. The molecule has 4 nitrogen and oxygen atoms in total. The second kappa shape index (κ2) is 8.37. The minimum Gasteiger partial charge on any atom is -0.352 e. The van der Waals surface area contributed by atoms with Crippen LogP contribution in [0.25, 0.3) is 0 Å². The molecule has 0 unspecified atom stereocenters. The van der Waals surface area contributed by atoms with Crippen LogP contribution in [-0.2, 0) is 16.1 Å². The van der Waals surface area contributed by atoms with Gasteiger partial charge in [0, 0.05) is 24.5 Å². The molecule has 1 aliphatic rings. The number of nitrogens with zero attached hydrogens (tertiary/aromatic N) is 1. The lowest BCUT2D eigenvalue weighted by Crippen LogP contribution is -2.47. The van der Waals surface area contributed by atoms with Crippen LogP contribution in [0.2, 0.25) is 5.02 Å². The Balaban J connectivity index is 1.82. The van der Waals surface area contributed by atoms with Gasteiger partial charge in [-0.2, -0.15) is 0 Å². The van der Waals surface area contributed by atoms with Crippen molar-refractivity contribution in [2.45, 2.75) is 32.4 Å². The first-order valence-electron chi connectivity index (χ1n) is 8.96. The van der Waals surface area contributed by atoms with E-state index in [4.69, 9.17) is 11.6 Å². The van der Waals surface area contributed by atoms with Gasteiger partial charge >= 0.3 is 0 Å². The lowest BCUT2D eigenvalue weighted by atomic mass is 9.83. The molecule has 2 atom stereocenters. The van der Waals surface area contributed by atoms with E-state index in [9.17, 15) is 9.59 Å². The number of benzene rings is 2. The highest BCUT2D eigenvalue weighted by Crippen LogP contribution is 2.37. The summed E-state index contributed by atoms with van der Waals surface area (Å²) in [5, 5.41) is 3.64. The number of rotatable bonds is 5. The Bertz CT molecular complexity index is 779. The molecule has 0 saturated carbocycles. The molecule has 2 aromatic rings. The van der Waals surface area contributed by atoms with Gasteiger partial charge in [0.15, 0.2) is 0 Å². The molecule has 0 aromatic heterocycles. The monoisotopic (exact) mass is 370 g/mol. The van der Waals surface area contributed by atoms with Gasteiger partial charge < -0.3 is 10.2 Å². The molecule has 1 aliphatic heterocycles. The van der Waals surface area contributed by atoms with Crippen LogP contribution < -0.4 is 5.32 Å². The van der Waals surface area contributed by atoms with Gasteiger partial charge in [-0.3, -0.25) is 9.59 Å². The van der Waals surface area contributed by atoms with Crippen molar-refractivity contribution in [3.8, 4) is 0 Å². The third-order valence-corrected chi connectivity index (χ3v) is 5.12. The quantitative estimate of drug-likeness (QED) is 0.866. The van der Waals surface area contributed by atoms with Crippen molar-refractivity contribution in [1.82, 2.24) is 10.2 Å². The van der Waals surface area contributed by atoms with Gasteiger partial charge in [-0.05, 0) is 36.6 Å². The number of hydrogen-bond donors (Lipinski definition) is 1. The van der Waals surface area contributed by atoms with E-state index in [-0.39, 0.29) is 23.8 Å². The maximum absolute atomic E-state index is 12.9. The van der Waals surface area contributed by atoms with Crippen LogP contribution >= 0.6 is 11.6 Å². The van der Waals surface area contributed by atoms with Crippen molar-refractivity contribution in [2.75, 3.05) is 6.54 Å². The van der Waals surface area contributed by atoms with Crippen LogP contribution in [0.3, 0.4) is 0 Å². The van der Waals surface area contributed by atoms with Crippen LogP contribution in [0.5, 0.6) is 0 Å². The summed E-state index contributed by atoms with van der Waals surface area (Å²) in [6.45, 7) is 3.00. The fourth-order valence-corrected chi connectivity index (χ4v) is 3.82. The molecule has 0 radical (unpaired) electrons. The van der Waals surface area contributed by atoms with Gasteiger partial charge in [0.2, 0.25) is 11.8 Å². The van der Waals surface area contributed by atoms with E-state index < -0.39 is 0 Å². The normalized spacial score (nSPS) is 20.1. The first-order valence-corrected chi connectivity index (χ1v) is 9.34. The van der Waals surface area contributed by atoms with E-state index in [0.717, 1.165) is 11.1 Å². The van der Waals surface area contributed by atoms with Crippen LogP contribution in [0.15, 0.2) is 54.6 Å². The summed E-state index contributed by atoms with van der Waals surface area (Å²) in [4.78, 5) is 27.1. The van der Waals surface area contributed by atoms with Crippen molar-refractivity contribution in [3.05, 3.63) is 70.7 Å². The average molecular weight is 371 g/mol. The third kappa shape index (κ3) is 4.07. The summed E-state index contributed by atoms with van der Waals surface area (Å²) < 4.78 is 0. The smallest absolute Gasteiger partial charge is 0.225 e. The second-order valence-electron chi connectivity index (χ2n) is 6.53. The Labute approximate surface area is 159 Å². The molecule has 0 aliphatic carbocycles. The van der Waals surface area contributed by atoms with Crippen molar-refractivity contribution < 1.29 is 9.59 Å². The predicted octanol–water partition coefficient (Wildman–Crippen LogP) is 3.96. The molecule has 0 spiro atoms. The number of amides is 2. The highest BCUT2D eigenvalue weighted by molar-refractivity contribution is 6.30. The van der Waals surface area contributed by atoms with Crippen molar-refractivity contribution >= 4 is 23.4 Å². The number of nitrogens with one attached hydrogen (secondary N) is 1. The van der Waals surface area contributed by atoms with Crippen LogP contribution in [0, 0.1) is 5.92 Å². The summed E-state index contributed by atoms with van der Waals surface area (Å²) >= 11 is 6.16. The number of halogens is 1. The van der Waals surface area contributed by atoms with Crippen molar-refractivity contribution in [1.29, 1.82) is 0 Å². The van der Waals surface area contributed by atoms with E-state index in [0.29, 0.717) is 31.0 Å². The first-order chi connectivity index (χ1) is 12.6. The van der Waals surface area contributed by atoms with Gasteiger partial charge in [0.05, 0.1) is 12.0 Å². The zero-order valence-corrected chi connectivity index (χ0v) is 15.6. The number of carbonyl (C=O) groups excluding carboxylic acids is 2. The number of piperidine rings is 1. The number of likely N-dealkylation sites (tertiary alicyclic amines) is 1. The zero-order chi connectivity index (χ0) is 18.5. The Kier molecular flexibility index (Phi) is 5.94. The van der Waals surface area contributed by atoms with Gasteiger partial charge in [0.25, 0.3) is 0 Å². The van der Waals surface area contributed by atoms with E-state index >= 15 is 0 Å². The Morgan fingerprint density at radius 3 is 2.65 bits per heavy atom. The summed E-state index contributed by atoms with van der Waals surface area (Å²) in [5.74, 6) is -0.218. The Hall–Kier alpha value is -2.33. The number of carbonyl (C=O) groups is 2. The molecular weight excluding hydrogens is 348 g/mol. The van der Waals surface area contributed by atoms with Gasteiger partial charge in [-0.1, -0.05) is 54.1 Å². The second-order valence-corrected chi connectivity index (χ2v) is 6.96. The molecule has 136 valence electrons.